The molecule has 2 aromatic carbocycles. The molecule has 3 aromatic rings. The first kappa shape index (κ1) is 23.2. The number of rotatable bonds is 10. The number of ketones is 1. The lowest BCUT2D eigenvalue weighted by atomic mass is 10.1. The van der Waals surface area contributed by atoms with Crippen LogP contribution in [0.2, 0.25) is 0 Å². The quantitative estimate of drug-likeness (QED) is 0.327. The molecule has 0 saturated carbocycles. The van der Waals surface area contributed by atoms with Gasteiger partial charge in [0.15, 0.2) is 6.10 Å². The number of allylic oxidation sites excluding steroid dienone is 1. The van der Waals surface area contributed by atoms with E-state index in [9.17, 15) is 9.59 Å². The number of benzene rings is 2. The summed E-state index contributed by atoms with van der Waals surface area (Å²) in [6.45, 7) is 6.76. The molecule has 0 bridgehead atoms. The van der Waals surface area contributed by atoms with Crippen LogP contribution < -0.4 is 0 Å². The molecule has 5 nitrogen and oxygen atoms in total. The summed E-state index contributed by atoms with van der Waals surface area (Å²) in [5.41, 5.74) is 4.52. The molecule has 0 N–H and O–H groups in total. The molecular weight excluding hydrogens is 402 g/mol. The number of esters is 1. The molecule has 1 atom stereocenters. The van der Waals surface area contributed by atoms with Crippen LogP contribution in [0.5, 0.6) is 0 Å². The fourth-order valence-corrected chi connectivity index (χ4v) is 3.21. The molecule has 1 unspecified atom stereocenters. The van der Waals surface area contributed by atoms with E-state index in [2.05, 4.69) is 0 Å². The van der Waals surface area contributed by atoms with Gasteiger partial charge in [0.2, 0.25) is 5.78 Å². The lowest BCUT2D eigenvalue weighted by Gasteiger charge is -2.11. The van der Waals surface area contributed by atoms with E-state index in [1.54, 1.807) is 13.8 Å². The minimum absolute atomic E-state index is 0.0183. The average molecular weight is 432 g/mol. The van der Waals surface area contributed by atoms with Gasteiger partial charge in [-0.25, -0.2) is 4.79 Å². The Morgan fingerprint density at radius 2 is 1.75 bits per heavy atom. The van der Waals surface area contributed by atoms with Crippen molar-refractivity contribution in [2.45, 2.75) is 40.0 Å². The number of carbonyl (C=O) groups is 2. The van der Waals surface area contributed by atoms with E-state index in [4.69, 9.17) is 9.47 Å². The van der Waals surface area contributed by atoms with Gasteiger partial charge in [-0.05, 0) is 44.0 Å². The van der Waals surface area contributed by atoms with Crippen LogP contribution in [-0.4, -0.2) is 29.0 Å². The maximum atomic E-state index is 12.8. The lowest BCUT2D eigenvalue weighted by molar-refractivity contribution is -0.156. The molecular formula is C27H29NO4. The second-order valence-electron chi connectivity index (χ2n) is 7.59. The second kappa shape index (κ2) is 11.3. The van der Waals surface area contributed by atoms with Gasteiger partial charge in [0.05, 0.1) is 18.9 Å². The number of hydrogen-bond donors (Lipinski definition) is 0. The molecule has 5 heteroatoms. The lowest BCUT2D eigenvalue weighted by Crippen LogP contribution is -2.23. The van der Waals surface area contributed by atoms with E-state index in [0.29, 0.717) is 31.0 Å². The summed E-state index contributed by atoms with van der Waals surface area (Å²) >= 11 is 0. The van der Waals surface area contributed by atoms with Crippen molar-refractivity contribution in [2.75, 3.05) is 6.61 Å². The third-order valence-corrected chi connectivity index (χ3v) is 5.09. The van der Waals surface area contributed by atoms with Crippen LogP contribution >= 0.6 is 0 Å². The first-order valence-electron chi connectivity index (χ1n) is 10.8. The van der Waals surface area contributed by atoms with E-state index in [0.717, 1.165) is 16.7 Å². The zero-order valence-electron chi connectivity index (χ0n) is 18.8. The van der Waals surface area contributed by atoms with Crippen LogP contribution in [0.25, 0.3) is 6.08 Å². The molecule has 1 heterocycles. The number of nitrogens with zero attached hydrogens (tertiary/aromatic N) is 1. The fourth-order valence-electron chi connectivity index (χ4n) is 3.21. The van der Waals surface area contributed by atoms with Gasteiger partial charge in [0, 0.05) is 18.3 Å². The minimum Gasteiger partial charge on any atom is -0.464 e. The fraction of sp³-hybridized carbons (Fsp3) is 0.259. The number of hydrogen-bond acceptors (Lipinski definition) is 4. The van der Waals surface area contributed by atoms with Crippen molar-refractivity contribution in [1.82, 2.24) is 4.57 Å². The highest BCUT2D eigenvalue weighted by Crippen LogP contribution is 2.13. The number of ether oxygens (including phenoxy) is 2. The Kier molecular flexibility index (Phi) is 8.17. The van der Waals surface area contributed by atoms with E-state index >= 15 is 0 Å². The normalized spacial score (nSPS) is 12.1. The van der Waals surface area contributed by atoms with E-state index < -0.39 is 6.10 Å². The van der Waals surface area contributed by atoms with Gasteiger partial charge >= 0.3 is 5.97 Å². The smallest absolute Gasteiger partial charge is 0.334 e. The SMILES string of the molecule is CCOC(=O)C(C)OCc1ccc(C=CCn2cccc2C(=O)c2ccc(C)cc2)cc1. The summed E-state index contributed by atoms with van der Waals surface area (Å²) in [6.07, 6.45) is 5.37. The monoisotopic (exact) mass is 431 g/mol. The van der Waals surface area contributed by atoms with Crippen molar-refractivity contribution in [1.29, 1.82) is 0 Å². The van der Waals surface area contributed by atoms with Crippen LogP contribution in [0.3, 0.4) is 0 Å². The molecule has 0 aliphatic rings. The van der Waals surface area contributed by atoms with Crippen molar-refractivity contribution in [3.05, 3.63) is 101 Å². The number of aryl methyl sites for hydroxylation is 1. The van der Waals surface area contributed by atoms with E-state index in [1.165, 1.54) is 0 Å². The zero-order valence-corrected chi connectivity index (χ0v) is 18.8. The molecule has 1 aromatic heterocycles. The van der Waals surface area contributed by atoms with Gasteiger partial charge in [-0.1, -0.05) is 66.2 Å². The van der Waals surface area contributed by atoms with Crippen molar-refractivity contribution < 1.29 is 19.1 Å². The molecule has 32 heavy (non-hydrogen) atoms. The third kappa shape index (κ3) is 6.28. The summed E-state index contributed by atoms with van der Waals surface area (Å²) in [7, 11) is 0. The summed E-state index contributed by atoms with van der Waals surface area (Å²) in [5, 5.41) is 0. The van der Waals surface area contributed by atoms with Crippen molar-refractivity contribution in [3.63, 3.8) is 0 Å². The predicted molar refractivity (Wildman–Crippen MR) is 125 cm³/mol. The molecule has 0 spiro atoms. The van der Waals surface area contributed by atoms with Gasteiger partial charge in [0.1, 0.15) is 0 Å². The molecule has 0 radical (unpaired) electrons. The van der Waals surface area contributed by atoms with Crippen molar-refractivity contribution in [2.24, 2.45) is 0 Å². The molecule has 0 aliphatic carbocycles. The Hall–Kier alpha value is -3.44. The highest BCUT2D eigenvalue weighted by atomic mass is 16.6. The number of aromatic nitrogens is 1. The van der Waals surface area contributed by atoms with Crippen molar-refractivity contribution >= 4 is 17.8 Å². The highest BCUT2D eigenvalue weighted by molar-refractivity contribution is 6.08. The average Bonchev–Trinajstić information content (AvgIpc) is 3.27. The summed E-state index contributed by atoms with van der Waals surface area (Å²) in [4.78, 5) is 24.4. The van der Waals surface area contributed by atoms with Gasteiger partial charge in [-0.2, -0.15) is 0 Å². The van der Waals surface area contributed by atoms with Gasteiger partial charge in [0.25, 0.3) is 0 Å². The van der Waals surface area contributed by atoms with E-state index in [1.807, 2.05) is 90.5 Å². The Morgan fingerprint density at radius 1 is 1.03 bits per heavy atom. The standard InChI is InChI=1S/C27H29NO4/c1-4-31-27(30)21(3)32-19-23-13-11-22(12-14-23)7-5-17-28-18-6-8-25(28)26(29)24-15-9-20(2)10-16-24/h5-16,18,21H,4,17,19H2,1-3H3. The Balaban J connectivity index is 1.56. The predicted octanol–water partition coefficient (Wildman–Crippen LogP) is 5.21. The second-order valence-corrected chi connectivity index (χ2v) is 7.59. The summed E-state index contributed by atoms with van der Waals surface area (Å²) < 4.78 is 12.4. The topological polar surface area (TPSA) is 57.5 Å². The molecule has 3 rings (SSSR count). The molecule has 0 amide bonds. The first-order chi connectivity index (χ1) is 15.5. The van der Waals surface area contributed by atoms with Crippen molar-refractivity contribution in [3.8, 4) is 0 Å². The molecule has 0 aliphatic heterocycles. The third-order valence-electron chi connectivity index (χ3n) is 5.09. The zero-order chi connectivity index (χ0) is 22.9. The maximum Gasteiger partial charge on any atom is 0.334 e. The van der Waals surface area contributed by atoms with Crippen LogP contribution in [0.1, 0.15) is 46.6 Å². The Morgan fingerprint density at radius 3 is 2.44 bits per heavy atom. The van der Waals surface area contributed by atoms with Gasteiger partial charge in [-0.15, -0.1) is 0 Å². The van der Waals surface area contributed by atoms with Gasteiger partial charge in [-0.3, -0.25) is 4.79 Å². The largest absolute Gasteiger partial charge is 0.464 e. The highest BCUT2D eigenvalue weighted by Gasteiger charge is 2.14. The Bertz CT molecular complexity index is 1060. The number of carbonyl (C=O) groups excluding carboxylic acids is 2. The van der Waals surface area contributed by atoms with Gasteiger partial charge < -0.3 is 14.0 Å². The summed E-state index contributed by atoms with van der Waals surface area (Å²) in [5.74, 6) is -0.331. The molecule has 166 valence electrons. The first-order valence-corrected chi connectivity index (χ1v) is 10.8. The van der Waals surface area contributed by atoms with Crippen LogP contribution in [0.4, 0.5) is 0 Å². The molecule has 0 fully saturated rings. The van der Waals surface area contributed by atoms with E-state index in [-0.39, 0.29) is 11.8 Å². The Labute approximate surface area is 189 Å². The molecule has 0 saturated heterocycles. The maximum absolute atomic E-state index is 12.8. The van der Waals surface area contributed by atoms with Crippen LogP contribution in [-0.2, 0) is 27.4 Å². The minimum atomic E-state index is -0.590. The van der Waals surface area contributed by atoms with Crippen LogP contribution in [0.15, 0.2) is 72.9 Å². The summed E-state index contributed by atoms with van der Waals surface area (Å²) in [6, 6.07) is 19.3. The van der Waals surface area contributed by atoms with Crippen LogP contribution in [0, 0.1) is 6.92 Å².